The first-order valence-corrected chi connectivity index (χ1v) is 41.5. The van der Waals surface area contributed by atoms with Crippen molar-refractivity contribution in [2.45, 2.75) is 184 Å². The van der Waals surface area contributed by atoms with Crippen molar-refractivity contribution in [3.63, 3.8) is 0 Å². The summed E-state index contributed by atoms with van der Waals surface area (Å²) in [5.41, 5.74) is 6.18. The highest BCUT2D eigenvalue weighted by Gasteiger charge is 2.46. The van der Waals surface area contributed by atoms with E-state index in [0.29, 0.717) is 162 Å². The number of benzene rings is 4. The van der Waals surface area contributed by atoms with Gasteiger partial charge >= 0.3 is 24.1 Å². The zero-order valence-corrected chi connectivity index (χ0v) is 73.7. The van der Waals surface area contributed by atoms with Crippen LogP contribution in [0.4, 0.5) is 60.0 Å². The zero-order valence-electron chi connectivity index (χ0n) is 73.7. The van der Waals surface area contributed by atoms with Gasteiger partial charge < -0.3 is 71.2 Å². The number of amides is 8. The zero-order chi connectivity index (χ0) is 92.3. The van der Waals surface area contributed by atoms with Gasteiger partial charge in [0.15, 0.2) is 52.3 Å². The van der Waals surface area contributed by atoms with Crippen LogP contribution in [0.25, 0.3) is 45.0 Å². The number of halogens is 8. The standard InChI is InChI=1S/2C23H28F2N4O4.2C21H27F2N5O2/c1-22(2,3)19(20(30)26-4)27-21(31)29-17-7-8-23(32-9-10-33-23)12-14(17)18(28-29)13-5-6-15(24)16(25)11-13;1-23(2,3)20(21(31)28-8-6-14(30)11-28)26-22(32)29-18-7-9-33-12-15(18)19(27-29)13-4-5-16(24)17(25)10-13;1-21(2,3)18(19(29)24-4)25-20(30)28-16-11-27(5)9-8-13(16)17(26-28)12-6-7-14(22)15(23)10-12;1-21(2,3)18(19(29)24-4)25-20(30)28-15-7-6-10-27(5)17(15)16(26-28)12-8-9-13(22)14(23)11-12/h5-6,11,19H,7-10,12H2,1-4H3,(H,26,30)(H,27,31);4-5,10,14,20,30H,6-9,11-12H2,1-3H3,(H,26,32);6-7,10,18H,8-9,11H2,1-5H3,(H,24,29)(H,25,30);8-9,11,18H,6-7,10H2,1-5H3,(H,24,29)(H,25,30)/t19-;14-,20+;2*18-/m1011/s1. The van der Waals surface area contributed by atoms with Gasteiger partial charge in [-0.3, -0.25) is 19.2 Å². The number of aliphatic hydroxyl groups is 1. The highest BCUT2D eigenvalue weighted by molar-refractivity contribution is 5.93. The highest BCUT2D eigenvalue weighted by Crippen LogP contribution is 2.42. The Hall–Kier alpha value is -11.5. The maximum absolute atomic E-state index is 14.0. The van der Waals surface area contributed by atoms with E-state index < -0.39 is 128 Å². The number of β-amino-alcohol motifs (C(OH)–C–C–N with tert-alkyl or cyclic N) is 1. The third-order valence-electron chi connectivity index (χ3n) is 22.7. The maximum Gasteiger partial charge on any atom is 0.343 e. The molecule has 126 heavy (non-hydrogen) atoms. The van der Waals surface area contributed by atoms with E-state index in [9.17, 15) is 78.6 Å². The first kappa shape index (κ1) is 95.2. The van der Waals surface area contributed by atoms with Gasteiger partial charge in [-0.1, -0.05) is 83.1 Å². The number of likely N-dealkylation sites (N-methyl/N-ethyl adjacent to an activating group) is 4. The second-order valence-corrected chi connectivity index (χ2v) is 36.3. The first-order chi connectivity index (χ1) is 59.2. The number of anilines is 1. The first-order valence-electron chi connectivity index (χ1n) is 41.5. The van der Waals surface area contributed by atoms with Gasteiger partial charge in [-0.2, -0.15) is 39.1 Å². The van der Waals surface area contributed by atoms with Gasteiger partial charge in [-0.25, -0.2) is 54.3 Å². The summed E-state index contributed by atoms with van der Waals surface area (Å²) in [5, 5.41) is 46.4. The topological polar surface area (TPSA) is 350 Å². The minimum atomic E-state index is -1.01. The largest absolute Gasteiger partial charge is 0.391 e. The summed E-state index contributed by atoms with van der Waals surface area (Å²) in [6.07, 6.45) is 3.65. The summed E-state index contributed by atoms with van der Waals surface area (Å²) in [5.74, 6) is -9.84. The molecule has 8 N–H and O–H groups in total. The SMILES string of the molecule is CC(C)(C)[C@H](NC(=O)n1nc(-c2ccc(F)c(F)c2)c2c1CCOC2)C(=O)N1CC[C@H](O)C1.CNC(=O)[C@@H](NC(=O)n1nc(-c2ccc(F)c(F)c2)c2c1CCC1(C2)OCCO1)C(C)(C)C.CNC(=O)[C@@H](NC(=O)n1nc(-c2ccc(F)c(F)c2)c2c1CCCN2C)C(C)(C)C.CNC(=O)[C@@H](NC(=O)n1nc(-c2ccc(F)c(F)c2)c2c1CN(C)CC2)C(C)(C)C. The molecule has 0 radical (unpaired) electrons. The van der Waals surface area contributed by atoms with Gasteiger partial charge in [0.2, 0.25) is 23.6 Å². The second-order valence-electron chi connectivity index (χ2n) is 36.3. The lowest BCUT2D eigenvalue weighted by molar-refractivity contribution is -0.163. The van der Waals surface area contributed by atoms with E-state index in [0.717, 1.165) is 73.6 Å². The number of aromatic nitrogens is 8. The molecule has 2 fully saturated rings. The minimum absolute atomic E-state index is 0.185. The number of carbonyl (C=O) groups is 8. The Bertz CT molecular complexity index is 5440. The number of rotatable bonds is 12. The Balaban J connectivity index is 0.000000163. The van der Waals surface area contributed by atoms with Gasteiger partial charge in [0.25, 0.3) is 0 Å². The predicted octanol–water partition coefficient (Wildman–Crippen LogP) is 10.7. The van der Waals surface area contributed by atoms with E-state index in [-0.39, 0.29) is 36.8 Å². The molecule has 8 amide bonds. The molecule has 8 aromatic rings. The van der Waals surface area contributed by atoms with Gasteiger partial charge in [-0.05, 0) is 134 Å². The van der Waals surface area contributed by atoms with Gasteiger partial charge in [-0.15, -0.1) is 0 Å². The molecule has 38 heteroatoms. The quantitative estimate of drug-likeness (QED) is 0.0527. The van der Waals surface area contributed by atoms with E-state index in [1.165, 1.54) is 64.1 Å². The van der Waals surface area contributed by atoms with Crippen LogP contribution < -0.4 is 42.1 Å². The summed E-state index contributed by atoms with van der Waals surface area (Å²) in [6, 6.07) is 8.64. The molecular formula is C88H110F8N18O12. The molecule has 680 valence electrons. The lowest BCUT2D eigenvalue weighted by atomic mass is 9.86. The molecule has 0 unspecified atom stereocenters. The van der Waals surface area contributed by atoms with Crippen LogP contribution in [0.5, 0.6) is 0 Å². The van der Waals surface area contributed by atoms with Crippen molar-refractivity contribution in [3.8, 4) is 45.0 Å². The van der Waals surface area contributed by atoms with Crippen LogP contribution in [0.3, 0.4) is 0 Å². The fourth-order valence-electron chi connectivity index (χ4n) is 15.9. The lowest BCUT2D eigenvalue weighted by Gasteiger charge is -2.33. The fraction of sp³-hybridized carbons (Fsp3) is 0.500. The van der Waals surface area contributed by atoms with Gasteiger partial charge in [0.1, 0.15) is 29.9 Å². The van der Waals surface area contributed by atoms with Crippen molar-refractivity contribution in [3.05, 3.63) is 159 Å². The molecule has 4 aromatic heterocycles. The fourth-order valence-corrected chi connectivity index (χ4v) is 15.9. The van der Waals surface area contributed by atoms with Crippen molar-refractivity contribution in [2.24, 2.45) is 21.7 Å². The average Bonchev–Trinajstić information content (AvgIpc) is 1.60. The number of nitrogens with one attached hydrogen (secondary N) is 7. The van der Waals surface area contributed by atoms with Crippen LogP contribution in [-0.4, -0.2) is 219 Å². The molecule has 4 aromatic carbocycles. The highest BCUT2D eigenvalue weighted by atomic mass is 19.2. The molecule has 2 saturated heterocycles. The van der Waals surface area contributed by atoms with Crippen molar-refractivity contribution >= 4 is 53.4 Å². The Labute approximate surface area is 724 Å². The summed E-state index contributed by atoms with van der Waals surface area (Å²) >= 11 is 0. The van der Waals surface area contributed by atoms with E-state index in [2.05, 4.69) is 57.6 Å². The number of hydrogen-bond acceptors (Lipinski definition) is 18. The molecule has 5 atom stereocenters. The Morgan fingerprint density at radius 1 is 0.444 bits per heavy atom. The smallest absolute Gasteiger partial charge is 0.343 e. The van der Waals surface area contributed by atoms with Crippen molar-refractivity contribution in [2.75, 3.05) is 86.1 Å². The molecule has 5 aliphatic heterocycles. The number of nitrogens with zero attached hydrogens (tertiary/aromatic N) is 11. The molecule has 1 aliphatic carbocycles. The molecule has 6 aliphatic rings. The normalized spacial score (nSPS) is 17.0. The number of hydrogen-bond donors (Lipinski definition) is 8. The number of carbonyl (C=O) groups excluding carboxylic acids is 8. The van der Waals surface area contributed by atoms with Crippen LogP contribution in [0.15, 0.2) is 72.8 Å². The molecule has 1 spiro atoms. The molecule has 0 saturated carbocycles. The lowest BCUT2D eigenvalue weighted by Crippen LogP contribution is -2.55. The average molecular weight is 1760 g/mol. The Kier molecular flexibility index (Phi) is 29.0. The minimum Gasteiger partial charge on any atom is -0.391 e. The number of ether oxygens (including phenoxy) is 3. The van der Waals surface area contributed by atoms with Gasteiger partial charge in [0.05, 0.1) is 78.1 Å². The summed E-state index contributed by atoms with van der Waals surface area (Å²) in [7, 11) is 8.33. The van der Waals surface area contributed by atoms with Crippen LogP contribution in [-0.2, 0) is 78.6 Å². The maximum atomic E-state index is 14.0. The molecule has 30 nitrogen and oxygen atoms in total. The van der Waals surface area contributed by atoms with E-state index in [1.54, 1.807) is 4.90 Å². The third kappa shape index (κ3) is 21.1. The Morgan fingerprint density at radius 3 is 1.23 bits per heavy atom. The summed E-state index contributed by atoms with van der Waals surface area (Å²) < 4.78 is 131. The monoisotopic (exact) mass is 1760 g/mol. The van der Waals surface area contributed by atoms with Crippen LogP contribution in [0.2, 0.25) is 0 Å². The van der Waals surface area contributed by atoms with E-state index >= 15 is 0 Å². The number of aliphatic hydroxyl groups excluding tert-OH is 1. The molecule has 14 rings (SSSR count). The number of likely N-dealkylation sites (tertiary alicyclic amines) is 1. The predicted molar refractivity (Wildman–Crippen MR) is 450 cm³/mol. The second kappa shape index (κ2) is 38.4. The van der Waals surface area contributed by atoms with Gasteiger partial charge in [0, 0.05) is 119 Å². The van der Waals surface area contributed by atoms with E-state index in [1.807, 2.05) is 107 Å². The molecule has 9 heterocycles. The molecule has 0 bridgehead atoms. The molecular weight excluding hydrogens is 1650 g/mol. The van der Waals surface area contributed by atoms with Crippen LogP contribution in [0, 0.1) is 68.2 Å². The van der Waals surface area contributed by atoms with E-state index in [4.69, 9.17) is 14.2 Å². The summed E-state index contributed by atoms with van der Waals surface area (Å²) in [6.45, 7) is 26.3. The van der Waals surface area contributed by atoms with Crippen LogP contribution in [0.1, 0.15) is 142 Å². The third-order valence-corrected chi connectivity index (χ3v) is 22.7. The van der Waals surface area contributed by atoms with Crippen molar-refractivity contribution in [1.29, 1.82) is 0 Å². The van der Waals surface area contributed by atoms with Crippen molar-refractivity contribution < 1.29 is 92.8 Å². The van der Waals surface area contributed by atoms with Crippen molar-refractivity contribution in [1.82, 2.24) is 86.1 Å². The van der Waals surface area contributed by atoms with Crippen LogP contribution >= 0.6 is 0 Å². The summed E-state index contributed by atoms with van der Waals surface area (Å²) in [4.78, 5) is 109. The Morgan fingerprint density at radius 2 is 0.825 bits per heavy atom. The number of fused-ring (bicyclic) bond motifs is 4.